The van der Waals surface area contributed by atoms with Crippen molar-refractivity contribution in [3.8, 4) is 11.4 Å². The first-order chi connectivity index (χ1) is 26.5. The number of rotatable bonds is 9. The second-order valence-electron chi connectivity index (χ2n) is 14.3. The Hall–Kier alpha value is -6.83. The van der Waals surface area contributed by atoms with Gasteiger partial charge in [-0.3, -0.25) is 14.9 Å². The Balaban J connectivity index is 1.01. The Morgan fingerprint density at radius 1 is 0.873 bits per heavy atom. The van der Waals surface area contributed by atoms with Gasteiger partial charge >= 0.3 is 6.03 Å². The number of anilines is 4. The van der Waals surface area contributed by atoms with Crippen molar-refractivity contribution in [3.63, 3.8) is 0 Å². The second-order valence-corrected chi connectivity index (χ2v) is 14.3. The van der Waals surface area contributed by atoms with Gasteiger partial charge in [0.15, 0.2) is 0 Å². The third-order valence-corrected chi connectivity index (χ3v) is 9.08. The fourth-order valence-corrected chi connectivity index (χ4v) is 6.06. The van der Waals surface area contributed by atoms with E-state index < -0.39 is 6.03 Å². The van der Waals surface area contributed by atoms with E-state index in [-0.39, 0.29) is 36.0 Å². The molecule has 3 aromatic heterocycles. The lowest BCUT2D eigenvalue weighted by molar-refractivity contribution is -0.120. The molecular formula is C41H42N10O4. The molecule has 4 N–H and O–H groups in total. The lowest BCUT2D eigenvalue weighted by Crippen LogP contribution is -2.34. The van der Waals surface area contributed by atoms with Crippen molar-refractivity contribution in [1.82, 2.24) is 34.9 Å². The summed E-state index contributed by atoms with van der Waals surface area (Å²) in [5.41, 5.74) is 4.29. The number of carbonyl (C=O) groups excluding carboxylic acids is 3. The number of ether oxygens (including phenoxy) is 1. The van der Waals surface area contributed by atoms with E-state index in [0.29, 0.717) is 48.5 Å². The van der Waals surface area contributed by atoms with Gasteiger partial charge in [0.1, 0.15) is 35.5 Å². The molecular weight excluding hydrogens is 697 g/mol. The number of fused-ring (bicyclic) bond motifs is 1. The summed E-state index contributed by atoms with van der Waals surface area (Å²) in [6.07, 6.45) is 4.81. The monoisotopic (exact) mass is 738 g/mol. The van der Waals surface area contributed by atoms with Crippen molar-refractivity contribution in [2.45, 2.75) is 46.1 Å². The molecule has 1 fully saturated rings. The van der Waals surface area contributed by atoms with Gasteiger partial charge in [-0.05, 0) is 48.9 Å². The van der Waals surface area contributed by atoms with Crippen LogP contribution < -0.4 is 26.0 Å². The maximum atomic E-state index is 13.5. The number of nitrogens with zero attached hydrogens (tertiary/aromatic N) is 6. The zero-order chi connectivity index (χ0) is 38.5. The van der Waals surface area contributed by atoms with Gasteiger partial charge in [-0.15, -0.1) is 0 Å². The summed E-state index contributed by atoms with van der Waals surface area (Å²) in [5, 5.41) is 18.4. The average Bonchev–Trinajstić information content (AvgIpc) is 3.48. The number of aromatic nitrogens is 5. The first-order valence-corrected chi connectivity index (χ1v) is 18.0. The molecule has 1 aliphatic rings. The fraction of sp³-hybridized carbons (Fsp3) is 0.244. The highest BCUT2D eigenvalue weighted by molar-refractivity contribution is 6.07. The van der Waals surface area contributed by atoms with Gasteiger partial charge in [-0.25, -0.2) is 24.4 Å². The van der Waals surface area contributed by atoms with Crippen molar-refractivity contribution in [3.05, 3.63) is 120 Å². The van der Waals surface area contributed by atoms with Crippen molar-refractivity contribution < 1.29 is 19.1 Å². The quantitative estimate of drug-likeness (QED) is 0.126. The first kappa shape index (κ1) is 36.5. The lowest BCUT2D eigenvalue weighted by atomic mass is 9.92. The molecule has 4 heterocycles. The van der Waals surface area contributed by atoms with Gasteiger partial charge in [-0.2, -0.15) is 5.10 Å². The number of carbonyl (C=O) groups is 3. The molecule has 14 nitrogen and oxygen atoms in total. The molecule has 0 bridgehead atoms. The summed E-state index contributed by atoms with van der Waals surface area (Å²) < 4.78 is 8.05. The molecule has 3 aromatic carbocycles. The van der Waals surface area contributed by atoms with Gasteiger partial charge in [0, 0.05) is 54.5 Å². The zero-order valence-corrected chi connectivity index (χ0v) is 31.1. The van der Waals surface area contributed by atoms with Crippen LogP contribution >= 0.6 is 0 Å². The van der Waals surface area contributed by atoms with Gasteiger partial charge in [0.05, 0.1) is 29.5 Å². The van der Waals surface area contributed by atoms with Crippen LogP contribution in [-0.4, -0.2) is 67.1 Å². The van der Waals surface area contributed by atoms with Crippen molar-refractivity contribution in [2.75, 3.05) is 35.6 Å². The average molecular weight is 739 g/mol. The summed E-state index contributed by atoms with van der Waals surface area (Å²) in [7, 11) is 0. The van der Waals surface area contributed by atoms with Crippen molar-refractivity contribution in [1.29, 1.82) is 0 Å². The van der Waals surface area contributed by atoms with Crippen LogP contribution in [0, 0.1) is 6.92 Å². The molecule has 0 aliphatic carbocycles. The van der Waals surface area contributed by atoms with E-state index in [0.717, 1.165) is 33.3 Å². The molecule has 280 valence electrons. The number of hydrogen-bond acceptors (Lipinski definition) is 9. The topological polar surface area (TPSA) is 168 Å². The van der Waals surface area contributed by atoms with Crippen LogP contribution in [-0.2, 0) is 16.8 Å². The van der Waals surface area contributed by atoms with Gasteiger partial charge < -0.3 is 25.6 Å². The molecule has 7 rings (SSSR count). The number of benzene rings is 3. The molecule has 55 heavy (non-hydrogen) atoms. The highest BCUT2D eigenvalue weighted by Gasteiger charge is 2.23. The second kappa shape index (κ2) is 15.6. The summed E-state index contributed by atoms with van der Waals surface area (Å²) in [6, 6.07) is 24.6. The van der Waals surface area contributed by atoms with E-state index in [1.165, 1.54) is 12.4 Å². The van der Waals surface area contributed by atoms with Crippen molar-refractivity contribution in [2.24, 2.45) is 0 Å². The van der Waals surface area contributed by atoms with Crippen LogP contribution in [0.15, 0.2) is 97.5 Å². The smallest absolute Gasteiger partial charge is 0.324 e. The molecule has 6 aromatic rings. The lowest BCUT2D eigenvalue weighted by Gasteiger charge is -2.18. The zero-order valence-electron chi connectivity index (χ0n) is 31.1. The molecule has 4 amide bonds. The Kier molecular flexibility index (Phi) is 10.4. The minimum atomic E-state index is -0.400. The van der Waals surface area contributed by atoms with Crippen LogP contribution in [0.2, 0.25) is 0 Å². The maximum absolute atomic E-state index is 13.5. The molecule has 0 saturated carbocycles. The molecule has 1 saturated heterocycles. The third-order valence-electron chi connectivity index (χ3n) is 9.08. The highest BCUT2D eigenvalue weighted by atomic mass is 16.5. The Bertz CT molecular complexity index is 2350. The van der Waals surface area contributed by atoms with E-state index in [4.69, 9.17) is 9.84 Å². The minimum absolute atomic E-state index is 0.0729. The van der Waals surface area contributed by atoms with E-state index in [1.54, 1.807) is 15.8 Å². The molecule has 0 unspecified atom stereocenters. The molecule has 0 spiro atoms. The SMILES string of the molecule is Cc1ccc(-n2nc(C(C)(C)C)cc2NC(=O)Nc2ccc(OCc3ccnc(Nc4cnc(C(=O)N5CCNC(=O)CC5)cn4)c3)c3ccccc23)cc1. The number of aryl methyl sites for hydroxylation is 1. The number of hydrogen-bond donors (Lipinski definition) is 4. The number of urea groups is 1. The van der Waals surface area contributed by atoms with E-state index in [1.807, 2.05) is 85.8 Å². The summed E-state index contributed by atoms with van der Waals surface area (Å²) in [6.45, 7) is 9.69. The standard InChI is InChI=1S/C41H42N10O4/c1-26-9-11-28(12-10-26)51-37(22-34(49-51)41(2,3)4)48-40(54)46-31-13-14-33(30-8-6-5-7-29(30)31)55-25-27-15-17-42-35(21-27)47-36-24-44-32(23-45-36)39(53)50-19-16-38(52)43-18-20-50/h5-15,17,21-24H,16,18-20,25H2,1-4H3,(H,43,52)(H,42,45,47)(H2,46,48,54). The third kappa shape index (κ3) is 8.70. The molecule has 14 heteroatoms. The number of amides is 4. The Labute approximate surface area is 318 Å². The van der Waals surface area contributed by atoms with Crippen LogP contribution in [0.1, 0.15) is 54.5 Å². The van der Waals surface area contributed by atoms with E-state index in [9.17, 15) is 14.4 Å². The van der Waals surface area contributed by atoms with Gasteiger partial charge in [0.25, 0.3) is 5.91 Å². The largest absolute Gasteiger partial charge is 0.488 e. The summed E-state index contributed by atoms with van der Waals surface area (Å²) >= 11 is 0. The van der Waals surface area contributed by atoms with Gasteiger partial charge in [-0.1, -0.05) is 62.7 Å². The first-order valence-electron chi connectivity index (χ1n) is 18.0. The number of nitrogens with one attached hydrogen (secondary N) is 4. The van der Waals surface area contributed by atoms with E-state index in [2.05, 4.69) is 57.0 Å². The highest BCUT2D eigenvalue weighted by Crippen LogP contribution is 2.33. The molecule has 1 aliphatic heterocycles. The molecule has 0 atom stereocenters. The van der Waals surface area contributed by atoms with Crippen LogP contribution in [0.4, 0.5) is 27.9 Å². The Morgan fingerprint density at radius 3 is 2.44 bits per heavy atom. The van der Waals surface area contributed by atoms with Crippen LogP contribution in [0.25, 0.3) is 16.5 Å². The minimum Gasteiger partial charge on any atom is -0.488 e. The summed E-state index contributed by atoms with van der Waals surface area (Å²) in [5.74, 6) is 1.81. The fourth-order valence-electron chi connectivity index (χ4n) is 6.06. The normalized spacial score (nSPS) is 13.2. The van der Waals surface area contributed by atoms with Crippen LogP contribution in [0.3, 0.4) is 0 Å². The predicted molar refractivity (Wildman–Crippen MR) is 211 cm³/mol. The van der Waals surface area contributed by atoms with Crippen LogP contribution in [0.5, 0.6) is 5.75 Å². The Morgan fingerprint density at radius 2 is 1.67 bits per heavy atom. The summed E-state index contributed by atoms with van der Waals surface area (Å²) in [4.78, 5) is 52.6. The predicted octanol–water partition coefficient (Wildman–Crippen LogP) is 6.75. The van der Waals surface area contributed by atoms with E-state index >= 15 is 0 Å². The number of pyridine rings is 1. The maximum Gasteiger partial charge on any atom is 0.324 e. The van der Waals surface area contributed by atoms with Gasteiger partial charge in [0.2, 0.25) is 5.91 Å². The van der Waals surface area contributed by atoms with Crippen molar-refractivity contribution >= 4 is 51.8 Å². The molecule has 0 radical (unpaired) electrons.